The maximum absolute atomic E-state index is 13.6. The largest absolute Gasteiger partial charge is 0.340 e. The van der Waals surface area contributed by atoms with E-state index in [0.29, 0.717) is 11.3 Å². The second-order valence-corrected chi connectivity index (χ2v) is 3.59. The third-order valence-corrected chi connectivity index (χ3v) is 2.40. The number of aromatic nitrogens is 2. The summed E-state index contributed by atoms with van der Waals surface area (Å²) in [5.74, 6) is 5.15. The first kappa shape index (κ1) is 10.8. The standard InChI is InChI=1S/C11H13FN4/c1-16-6-10(14-7-16)11(15-13)8-4-2-3-5-9(8)12/h2-7,11,15H,13H2,1H3. The van der Waals surface area contributed by atoms with Crippen LogP contribution in [0.4, 0.5) is 4.39 Å². The molecule has 0 fully saturated rings. The highest BCUT2D eigenvalue weighted by Gasteiger charge is 2.17. The monoisotopic (exact) mass is 220 g/mol. The molecule has 4 nitrogen and oxygen atoms in total. The summed E-state index contributed by atoms with van der Waals surface area (Å²) < 4.78 is 15.4. The van der Waals surface area contributed by atoms with Crippen molar-refractivity contribution in [1.29, 1.82) is 0 Å². The van der Waals surface area contributed by atoms with Gasteiger partial charge in [-0.1, -0.05) is 18.2 Å². The lowest BCUT2D eigenvalue weighted by atomic mass is 10.0. The Morgan fingerprint density at radius 3 is 2.75 bits per heavy atom. The number of nitrogens with one attached hydrogen (secondary N) is 1. The summed E-state index contributed by atoms with van der Waals surface area (Å²) >= 11 is 0. The van der Waals surface area contributed by atoms with Gasteiger partial charge in [-0.15, -0.1) is 0 Å². The summed E-state index contributed by atoms with van der Waals surface area (Å²) in [5.41, 5.74) is 3.75. The predicted molar refractivity (Wildman–Crippen MR) is 58.8 cm³/mol. The summed E-state index contributed by atoms with van der Waals surface area (Å²) in [6.07, 6.45) is 3.46. The highest BCUT2D eigenvalue weighted by atomic mass is 19.1. The molecule has 0 aliphatic heterocycles. The third-order valence-electron chi connectivity index (χ3n) is 2.40. The van der Waals surface area contributed by atoms with Crippen molar-refractivity contribution in [3.05, 3.63) is 53.9 Å². The zero-order valence-electron chi connectivity index (χ0n) is 8.89. The Labute approximate surface area is 92.9 Å². The van der Waals surface area contributed by atoms with E-state index in [9.17, 15) is 4.39 Å². The van der Waals surface area contributed by atoms with Crippen molar-refractivity contribution in [2.45, 2.75) is 6.04 Å². The van der Waals surface area contributed by atoms with Gasteiger partial charge in [0.05, 0.1) is 18.1 Å². The zero-order valence-corrected chi connectivity index (χ0v) is 8.89. The van der Waals surface area contributed by atoms with Crippen molar-refractivity contribution in [3.63, 3.8) is 0 Å². The number of imidazole rings is 1. The van der Waals surface area contributed by atoms with Gasteiger partial charge in [-0.3, -0.25) is 5.84 Å². The lowest BCUT2D eigenvalue weighted by Crippen LogP contribution is -2.29. The van der Waals surface area contributed by atoms with E-state index in [0.717, 1.165) is 0 Å². The maximum Gasteiger partial charge on any atom is 0.128 e. The Morgan fingerprint density at radius 1 is 1.44 bits per heavy atom. The topological polar surface area (TPSA) is 55.9 Å². The van der Waals surface area contributed by atoms with Crippen molar-refractivity contribution in [3.8, 4) is 0 Å². The van der Waals surface area contributed by atoms with E-state index in [4.69, 9.17) is 5.84 Å². The van der Waals surface area contributed by atoms with Crippen LogP contribution in [0.15, 0.2) is 36.8 Å². The van der Waals surface area contributed by atoms with E-state index < -0.39 is 6.04 Å². The van der Waals surface area contributed by atoms with Crippen LogP contribution in [0.2, 0.25) is 0 Å². The van der Waals surface area contributed by atoms with E-state index in [1.54, 1.807) is 35.3 Å². The van der Waals surface area contributed by atoms with Gasteiger partial charge in [0.25, 0.3) is 0 Å². The Balaban J connectivity index is 2.40. The van der Waals surface area contributed by atoms with E-state index in [-0.39, 0.29) is 5.82 Å². The molecular formula is C11H13FN4. The molecule has 0 aliphatic rings. The number of halogens is 1. The van der Waals surface area contributed by atoms with Crippen LogP contribution in [-0.4, -0.2) is 9.55 Å². The average molecular weight is 220 g/mol. The molecule has 84 valence electrons. The molecular weight excluding hydrogens is 207 g/mol. The highest BCUT2D eigenvalue weighted by molar-refractivity contribution is 5.27. The minimum Gasteiger partial charge on any atom is -0.340 e. The Bertz CT molecular complexity index is 480. The molecule has 0 aliphatic carbocycles. The fourth-order valence-electron chi connectivity index (χ4n) is 1.63. The molecule has 1 heterocycles. The van der Waals surface area contributed by atoms with Crippen molar-refractivity contribution in [2.24, 2.45) is 12.9 Å². The number of aryl methyl sites for hydroxylation is 1. The summed E-state index contributed by atoms with van der Waals surface area (Å²) in [6.45, 7) is 0. The van der Waals surface area contributed by atoms with Gasteiger partial charge in [0.2, 0.25) is 0 Å². The number of nitrogens with two attached hydrogens (primary N) is 1. The van der Waals surface area contributed by atoms with Crippen LogP contribution in [-0.2, 0) is 7.05 Å². The van der Waals surface area contributed by atoms with Crippen LogP contribution in [0.5, 0.6) is 0 Å². The van der Waals surface area contributed by atoms with Crippen molar-refractivity contribution in [2.75, 3.05) is 0 Å². The Hall–Kier alpha value is -1.72. The van der Waals surface area contributed by atoms with Crippen LogP contribution >= 0.6 is 0 Å². The number of nitrogens with zero attached hydrogens (tertiary/aromatic N) is 2. The van der Waals surface area contributed by atoms with Gasteiger partial charge in [-0.05, 0) is 6.07 Å². The molecule has 0 saturated heterocycles. The molecule has 0 bridgehead atoms. The zero-order chi connectivity index (χ0) is 11.5. The fraction of sp³-hybridized carbons (Fsp3) is 0.182. The Kier molecular flexibility index (Phi) is 2.98. The minimum absolute atomic E-state index is 0.295. The molecule has 0 radical (unpaired) electrons. The van der Waals surface area contributed by atoms with E-state index in [1.165, 1.54) is 6.07 Å². The first-order valence-electron chi connectivity index (χ1n) is 4.91. The lowest BCUT2D eigenvalue weighted by Gasteiger charge is -2.14. The predicted octanol–water partition coefficient (Wildman–Crippen LogP) is 1.11. The van der Waals surface area contributed by atoms with Crippen LogP contribution in [0.25, 0.3) is 0 Å². The highest BCUT2D eigenvalue weighted by Crippen LogP contribution is 2.21. The summed E-state index contributed by atoms with van der Waals surface area (Å²) in [5, 5.41) is 0. The fourth-order valence-corrected chi connectivity index (χ4v) is 1.63. The number of rotatable bonds is 3. The normalized spacial score (nSPS) is 12.7. The molecule has 0 amide bonds. The number of benzene rings is 1. The number of hydrazine groups is 1. The summed E-state index contributed by atoms with van der Waals surface area (Å²) in [6, 6.07) is 6.08. The maximum atomic E-state index is 13.6. The minimum atomic E-state index is -0.428. The van der Waals surface area contributed by atoms with E-state index >= 15 is 0 Å². The quantitative estimate of drug-likeness (QED) is 0.602. The molecule has 1 aromatic heterocycles. The average Bonchev–Trinajstić information content (AvgIpc) is 2.69. The first-order chi connectivity index (χ1) is 7.72. The van der Waals surface area contributed by atoms with E-state index in [1.807, 2.05) is 7.05 Å². The van der Waals surface area contributed by atoms with Crippen molar-refractivity contribution >= 4 is 0 Å². The smallest absolute Gasteiger partial charge is 0.128 e. The first-order valence-corrected chi connectivity index (χ1v) is 4.91. The van der Waals surface area contributed by atoms with Gasteiger partial charge in [0.15, 0.2) is 0 Å². The van der Waals surface area contributed by atoms with Gasteiger partial charge in [0, 0.05) is 18.8 Å². The molecule has 5 heteroatoms. The van der Waals surface area contributed by atoms with Crippen LogP contribution in [0.1, 0.15) is 17.3 Å². The summed E-state index contributed by atoms with van der Waals surface area (Å²) in [7, 11) is 1.85. The van der Waals surface area contributed by atoms with Crippen molar-refractivity contribution < 1.29 is 4.39 Å². The molecule has 0 saturated carbocycles. The van der Waals surface area contributed by atoms with Gasteiger partial charge in [-0.25, -0.2) is 14.8 Å². The van der Waals surface area contributed by atoms with Crippen molar-refractivity contribution in [1.82, 2.24) is 15.0 Å². The van der Waals surface area contributed by atoms with Gasteiger partial charge in [-0.2, -0.15) is 0 Å². The van der Waals surface area contributed by atoms with Crippen LogP contribution < -0.4 is 11.3 Å². The molecule has 1 aromatic carbocycles. The lowest BCUT2D eigenvalue weighted by molar-refractivity contribution is 0.554. The number of hydrogen-bond donors (Lipinski definition) is 2. The van der Waals surface area contributed by atoms with Crippen LogP contribution in [0.3, 0.4) is 0 Å². The van der Waals surface area contributed by atoms with Crippen LogP contribution in [0, 0.1) is 5.82 Å². The molecule has 2 aromatic rings. The second kappa shape index (κ2) is 4.42. The SMILES string of the molecule is Cn1cnc(C(NN)c2ccccc2F)c1. The van der Waals surface area contributed by atoms with Gasteiger partial charge >= 0.3 is 0 Å². The third kappa shape index (κ3) is 1.95. The van der Waals surface area contributed by atoms with E-state index in [2.05, 4.69) is 10.4 Å². The molecule has 2 rings (SSSR count). The molecule has 1 unspecified atom stereocenters. The number of hydrogen-bond acceptors (Lipinski definition) is 3. The molecule has 3 N–H and O–H groups in total. The Morgan fingerprint density at radius 2 is 2.19 bits per heavy atom. The molecule has 1 atom stereocenters. The van der Waals surface area contributed by atoms with Gasteiger partial charge < -0.3 is 4.57 Å². The van der Waals surface area contributed by atoms with Gasteiger partial charge in [0.1, 0.15) is 5.82 Å². The second-order valence-electron chi connectivity index (χ2n) is 3.59. The molecule has 0 spiro atoms. The molecule has 16 heavy (non-hydrogen) atoms. The summed E-state index contributed by atoms with van der Waals surface area (Å²) in [4.78, 5) is 4.16.